The summed E-state index contributed by atoms with van der Waals surface area (Å²) in [6.45, 7) is 4.30. The van der Waals surface area contributed by atoms with Crippen molar-refractivity contribution in [3.8, 4) is 0 Å². The zero-order chi connectivity index (χ0) is 16.1. The molecule has 0 saturated carbocycles. The maximum absolute atomic E-state index is 3.67. The SMILES string of the molecule is Cc1cc2c(Sc3ccc(Br)c4[cH-]c(C)cc34)ccc(Br)c2[cH-]1.[Cl-].[Cl-].[Zr+4]. The van der Waals surface area contributed by atoms with E-state index in [-0.39, 0.29) is 51.0 Å². The van der Waals surface area contributed by atoms with Crippen molar-refractivity contribution in [2.45, 2.75) is 23.6 Å². The summed E-state index contributed by atoms with van der Waals surface area (Å²) in [4.78, 5) is 2.61. The van der Waals surface area contributed by atoms with Gasteiger partial charge in [-0.3, -0.25) is 0 Å². The molecule has 4 aromatic rings. The van der Waals surface area contributed by atoms with Crippen LogP contribution in [0.25, 0.3) is 21.5 Å². The second-order valence-electron chi connectivity index (χ2n) is 5.91. The first kappa shape index (κ1) is 24.5. The fraction of sp³-hybridized carbons (Fsp3) is 0.100. The minimum absolute atomic E-state index is 0. The Bertz CT molecular complexity index is 969. The Hall–Kier alpha value is 0.433. The van der Waals surface area contributed by atoms with E-state index in [4.69, 9.17) is 0 Å². The molecule has 0 nitrogen and oxygen atoms in total. The van der Waals surface area contributed by atoms with E-state index in [1.54, 1.807) is 0 Å². The maximum atomic E-state index is 3.67. The number of hydrogen-bond donors (Lipinski definition) is 0. The van der Waals surface area contributed by atoms with Crippen molar-refractivity contribution < 1.29 is 51.0 Å². The third kappa shape index (κ3) is 4.53. The number of fused-ring (bicyclic) bond motifs is 2. The van der Waals surface area contributed by atoms with Gasteiger partial charge in [0.2, 0.25) is 0 Å². The number of benzene rings is 2. The molecule has 0 atom stereocenters. The zero-order valence-electron chi connectivity index (χ0n) is 14.0. The quantitative estimate of drug-likeness (QED) is 0.313. The summed E-state index contributed by atoms with van der Waals surface area (Å²) in [7, 11) is 0. The van der Waals surface area contributed by atoms with E-state index in [1.165, 1.54) is 42.5 Å². The molecule has 0 aliphatic rings. The predicted molar refractivity (Wildman–Crippen MR) is 108 cm³/mol. The molecule has 4 aromatic carbocycles. The summed E-state index contributed by atoms with van der Waals surface area (Å²) in [6, 6.07) is 17.7. The molecule has 0 fully saturated rings. The smallest absolute Gasteiger partial charge is 1.00 e. The molecule has 0 aliphatic carbocycles. The molecule has 0 amide bonds. The van der Waals surface area contributed by atoms with Gasteiger partial charge in [0.15, 0.2) is 0 Å². The molecule has 0 aromatic heterocycles. The van der Waals surface area contributed by atoms with Gasteiger partial charge in [-0.2, -0.15) is 12.1 Å². The summed E-state index contributed by atoms with van der Waals surface area (Å²) in [6.07, 6.45) is 0. The van der Waals surface area contributed by atoms with E-state index in [0.717, 1.165) is 8.95 Å². The number of halogens is 4. The zero-order valence-corrected chi connectivity index (χ0v) is 22.0. The van der Waals surface area contributed by atoms with Gasteiger partial charge in [-0.15, -0.1) is 88.4 Å². The largest absolute Gasteiger partial charge is 4.00 e. The van der Waals surface area contributed by atoms with Crippen LogP contribution in [-0.2, 0) is 26.2 Å². The van der Waals surface area contributed by atoms with E-state index in [1.807, 2.05) is 11.8 Å². The van der Waals surface area contributed by atoms with E-state index in [9.17, 15) is 0 Å². The Morgan fingerprint density at radius 1 is 0.731 bits per heavy atom. The van der Waals surface area contributed by atoms with Crippen LogP contribution >= 0.6 is 43.6 Å². The molecule has 0 spiro atoms. The Balaban J connectivity index is 0.00000113. The summed E-state index contributed by atoms with van der Waals surface area (Å²) < 4.78 is 2.32. The number of hydrogen-bond acceptors (Lipinski definition) is 1. The normalized spacial score (nSPS) is 10.3. The molecular weight excluding hydrogens is 594 g/mol. The molecule has 0 heterocycles. The molecule has 0 saturated heterocycles. The van der Waals surface area contributed by atoms with Crippen molar-refractivity contribution in [3.05, 3.63) is 68.6 Å². The monoisotopic (exact) mass is 604 g/mol. The van der Waals surface area contributed by atoms with Crippen LogP contribution in [0.3, 0.4) is 0 Å². The van der Waals surface area contributed by atoms with Crippen LogP contribution in [0.4, 0.5) is 0 Å². The molecule has 6 heteroatoms. The van der Waals surface area contributed by atoms with Crippen LogP contribution in [0, 0.1) is 13.8 Å². The van der Waals surface area contributed by atoms with Gasteiger partial charge in [0, 0.05) is 0 Å². The van der Waals surface area contributed by atoms with Crippen LogP contribution in [-0.4, -0.2) is 0 Å². The van der Waals surface area contributed by atoms with Crippen LogP contribution < -0.4 is 24.8 Å². The average Bonchev–Trinajstić information content (AvgIpc) is 3.08. The first-order valence-electron chi connectivity index (χ1n) is 7.42. The standard InChI is InChI=1S/C20H14Br2S.2ClH.Zr/c1-11-7-13-15(9-11)19(5-3-17(13)21)23-20-6-4-18(22)14-8-12(2)10-16(14)20;;;/h3-10H,1-2H3;2*1H;/q-2;;;+4/p-2. The Morgan fingerprint density at radius 3 is 1.50 bits per heavy atom. The van der Waals surface area contributed by atoms with Crippen molar-refractivity contribution in [3.63, 3.8) is 0 Å². The van der Waals surface area contributed by atoms with Crippen LogP contribution in [0.1, 0.15) is 11.1 Å². The Morgan fingerprint density at radius 2 is 1.12 bits per heavy atom. The van der Waals surface area contributed by atoms with Gasteiger partial charge in [0.05, 0.1) is 0 Å². The molecule has 132 valence electrons. The van der Waals surface area contributed by atoms with Crippen molar-refractivity contribution in [1.29, 1.82) is 0 Å². The van der Waals surface area contributed by atoms with E-state index >= 15 is 0 Å². The Kier molecular flexibility index (Phi) is 9.19. The van der Waals surface area contributed by atoms with E-state index in [0.29, 0.717) is 0 Å². The van der Waals surface area contributed by atoms with Crippen molar-refractivity contribution in [2.75, 3.05) is 0 Å². The van der Waals surface area contributed by atoms with Crippen LogP contribution in [0.5, 0.6) is 0 Å². The minimum atomic E-state index is 0. The molecule has 0 aliphatic heterocycles. The van der Waals surface area contributed by atoms with Gasteiger partial charge in [-0.25, -0.2) is 0 Å². The van der Waals surface area contributed by atoms with Gasteiger partial charge >= 0.3 is 26.2 Å². The molecule has 0 bridgehead atoms. The first-order valence-corrected chi connectivity index (χ1v) is 9.82. The van der Waals surface area contributed by atoms with Gasteiger partial charge in [-0.1, -0.05) is 47.1 Å². The third-order valence-electron chi connectivity index (χ3n) is 4.10. The van der Waals surface area contributed by atoms with Crippen LogP contribution in [0.2, 0.25) is 0 Å². The van der Waals surface area contributed by atoms with Gasteiger partial charge < -0.3 is 24.8 Å². The van der Waals surface area contributed by atoms with Crippen LogP contribution in [0.15, 0.2) is 67.3 Å². The Labute approximate surface area is 206 Å². The van der Waals surface area contributed by atoms with E-state index < -0.39 is 0 Å². The fourth-order valence-electron chi connectivity index (χ4n) is 3.06. The second kappa shape index (κ2) is 9.76. The van der Waals surface area contributed by atoms with Gasteiger partial charge in [0.1, 0.15) is 0 Å². The van der Waals surface area contributed by atoms with Gasteiger partial charge in [-0.05, 0) is 9.79 Å². The van der Waals surface area contributed by atoms with Crippen molar-refractivity contribution in [2.24, 2.45) is 0 Å². The maximum Gasteiger partial charge on any atom is 4.00 e. The first-order chi connectivity index (χ1) is 11.0. The van der Waals surface area contributed by atoms with Gasteiger partial charge in [0.25, 0.3) is 0 Å². The molecule has 26 heavy (non-hydrogen) atoms. The molecule has 0 radical (unpaired) electrons. The molecule has 0 unspecified atom stereocenters. The third-order valence-corrected chi connectivity index (χ3v) is 6.63. The topological polar surface area (TPSA) is 0 Å². The van der Waals surface area contributed by atoms with Crippen molar-refractivity contribution in [1.82, 2.24) is 0 Å². The summed E-state index contributed by atoms with van der Waals surface area (Å²) >= 11 is 9.18. The number of aryl methyl sites for hydroxylation is 2. The molecule has 0 N–H and O–H groups in total. The van der Waals surface area contributed by atoms with Crippen molar-refractivity contribution >= 4 is 65.2 Å². The summed E-state index contributed by atoms with van der Waals surface area (Å²) in [5, 5.41) is 5.22. The second-order valence-corrected chi connectivity index (χ2v) is 8.71. The number of rotatable bonds is 2. The average molecular weight is 608 g/mol. The van der Waals surface area contributed by atoms with E-state index in [2.05, 4.69) is 94.2 Å². The molecule has 4 rings (SSSR count). The summed E-state index contributed by atoms with van der Waals surface area (Å²) in [5.41, 5.74) is 2.61. The molecular formula is C20H14Br2Cl2SZr. The fourth-order valence-corrected chi connectivity index (χ4v) is 5.05. The predicted octanol–water partition coefficient (Wildman–Crippen LogP) is 1.73. The summed E-state index contributed by atoms with van der Waals surface area (Å²) in [5.74, 6) is 0. The minimum Gasteiger partial charge on any atom is -1.00 e.